The Labute approximate surface area is 85.4 Å². The fourth-order valence-electron chi connectivity index (χ4n) is 1.03. The van der Waals surface area contributed by atoms with Gasteiger partial charge in [0.25, 0.3) is 4.92 Å². The lowest BCUT2D eigenvalue weighted by Crippen LogP contribution is -2.07. The highest BCUT2D eigenvalue weighted by molar-refractivity contribution is 5.88. The quantitative estimate of drug-likeness (QED) is 0.778. The van der Waals surface area contributed by atoms with Crippen molar-refractivity contribution in [2.45, 2.75) is 6.92 Å². The van der Waals surface area contributed by atoms with E-state index in [-0.39, 0.29) is 16.5 Å². The Kier molecular flexibility index (Phi) is 3.33. The Morgan fingerprint density at radius 3 is 2.73 bits per heavy atom. The molecule has 0 saturated carbocycles. The number of carbonyl (C=O) groups excluding carboxylic acids is 1. The van der Waals surface area contributed by atoms with Gasteiger partial charge in [0.15, 0.2) is 7.11 Å². The van der Waals surface area contributed by atoms with E-state index < -0.39 is 5.82 Å². The topological polar surface area (TPSA) is 58.4 Å². The number of amides is 1. The van der Waals surface area contributed by atoms with Crippen LogP contribution in [0.2, 0.25) is 0 Å². The molecule has 0 unspecified atom stereocenters. The van der Waals surface area contributed by atoms with Gasteiger partial charge in [-0.25, -0.2) is 4.84 Å². The molecule has 0 atom stereocenters. The molecule has 0 aromatic heterocycles. The highest BCUT2D eigenvalue weighted by atomic mass is 19.1. The number of rotatable bonds is 3. The number of benzene rings is 1. The van der Waals surface area contributed by atoms with E-state index in [0.717, 1.165) is 13.2 Å². The molecule has 80 valence electrons. The number of hydrogen-bond donors (Lipinski definition) is 1. The van der Waals surface area contributed by atoms with Crippen molar-refractivity contribution in [2.24, 2.45) is 0 Å². The molecule has 1 aromatic carbocycles. The number of carbonyl (C=O) groups is 1. The molecule has 15 heavy (non-hydrogen) atoms. The SMILES string of the molecule is CO[N+](=O)c1cc(NC(C)=O)ccc1F. The van der Waals surface area contributed by atoms with E-state index in [9.17, 15) is 14.1 Å². The van der Waals surface area contributed by atoms with Crippen LogP contribution in [-0.4, -0.2) is 17.9 Å². The standard InChI is InChI=1S/C9H9FN2O3/c1-6(13)11-7-3-4-8(10)9(5-7)12(14)15-2/h3-5H,1-2H3/p+1. The molecule has 0 spiro atoms. The Hall–Kier alpha value is -1.98. The second kappa shape index (κ2) is 4.50. The lowest BCUT2D eigenvalue weighted by atomic mass is 10.2. The predicted octanol–water partition coefficient (Wildman–Crippen LogP) is 1.76. The molecule has 5 nitrogen and oxygen atoms in total. The maximum absolute atomic E-state index is 13.1. The molecule has 0 bridgehead atoms. The van der Waals surface area contributed by atoms with Gasteiger partial charge in [0, 0.05) is 18.7 Å². The average Bonchev–Trinajstić information content (AvgIpc) is 2.19. The van der Waals surface area contributed by atoms with E-state index >= 15 is 0 Å². The summed E-state index contributed by atoms with van der Waals surface area (Å²) in [5.41, 5.74) is 0.0422. The van der Waals surface area contributed by atoms with Crippen molar-refractivity contribution in [1.82, 2.24) is 0 Å². The van der Waals surface area contributed by atoms with Gasteiger partial charge in [-0.05, 0) is 12.1 Å². The first-order valence-electron chi connectivity index (χ1n) is 4.13. The number of nitrogens with zero attached hydrogens (tertiary/aromatic N) is 1. The molecule has 0 aliphatic carbocycles. The smallest absolute Gasteiger partial charge is 0.326 e. The third-order valence-corrected chi connectivity index (χ3v) is 1.63. The summed E-state index contributed by atoms with van der Waals surface area (Å²) < 4.78 is 13.1. The Morgan fingerprint density at radius 1 is 1.53 bits per heavy atom. The Morgan fingerprint density at radius 2 is 2.20 bits per heavy atom. The van der Waals surface area contributed by atoms with Crippen molar-refractivity contribution in [2.75, 3.05) is 12.4 Å². The third kappa shape index (κ3) is 2.73. The van der Waals surface area contributed by atoms with Crippen LogP contribution in [-0.2, 0) is 9.63 Å². The van der Waals surface area contributed by atoms with Crippen molar-refractivity contribution in [3.8, 4) is 0 Å². The Bertz CT molecular complexity index is 406. The summed E-state index contributed by atoms with van der Waals surface area (Å²) in [7, 11) is 1.12. The lowest BCUT2D eigenvalue weighted by molar-refractivity contribution is -0.737. The molecule has 1 aromatic rings. The van der Waals surface area contributed by atoms with E-state index in [2.05, 4.69) is 10.2 Å². The Balaban J connectivity index is 3.05. The van der Waals surface area contributed by atoms with Gasteiger partial charge in [0.1, 0.15) is 0 Å². The highest BCUT2D eigenvalue weighted by Crippen LogP contribution is 2.21. The van der Waals surface area contributed by atoms with Crippen LogP contribution in [0.15, 0.2) is 18.2 Å². The third-order valence-electron chi connectivity index (χ3n) is 1.63. The molecule has 0 radical (unpaired) electrons. The van der Waals surface area contributed by atoms with Gasteiger partial charge >= 0.3 is 5.69 Å². The van der Waals surface area contributed by atoms with Crippen LogP contribution in [0.1, 0.15) is 6.92 Å². The number of halogens is 1. The second-order valence-electron chi connectivity index (χ2n) is 2.79. The molecule has 1 rings (SSSR count). The largest absolute Gasteiger partial charge is 0.354 e. The zero-order valence-electron chi connectivity index (χ0n) is 8.28. The molecule has 1 N–H and O–H groups in total. The molecule has 0 aliphatic rings. The van der Waals surface area contributed by atoms with Gasteiger partial charge in [-0.15, -0.1) is 0 Å². The van der Waals surface area contributed by atoms with E-state index in [1.165, 1.54) is 19.1 Å². The van der Waals surface area contributed by atoms with E-state index in [1.54, 1.807) is 0 Å². The van der Waals surface area contributed by atoms with Crippen molar-refractivity contribution >= 4 is 17.3 Å². The van der Waals surface area contributed by atoms with Crippen molar-refractivity contribution in [3.63, 3.8) is 0 Å². The van der Waals surface area contributed by atoms with Crippen molar-refractivity contribution in [3.05, 3.63) is 28.9 Å². The van der Waals surface area contributed by atoms with Gasteiger partial charge in [0.05, 0.1) is 4.91 Å². The van der Waals surface area contributed by atoms with E-state index in [1.807, 2.05) is 0 Å². The van der Waals surface area contributed by atoms with Crippen molar-refractivity contribution in [1.29, 1.82) is 0 Å². The summed E-state index contributed by atoms with van der Waals surface area (Å²) in [4.78, 5) is 26.1. The summed E-state index contributed by atoms with van der Waals surface area (Å²) >= 11 is 0. The lowest BCUT2D eigenvalue weighted by Gasteiger charge is -2.00. The number of anilines is 1. The molecular weight excluding hydrogens is 203 g/mol. The first-order valence-corrected chi connectivity index (χ1v) is 4.13. The van der Waals surface area contributed by atoms with Crippen molar-refractivity contribution < 1.29 is 18.9 Å². The molecule has 6 heteroatoms. The maximum atomic E-state index is 13.1. The second-order valence-corrected chi connectivity index (χ2v) is 2.79. The predicted molar refractivity (Wildman–Crippen MR) is 51.0 cm³/mol. The zero-order chi connectivity index (χ0) is 11.4. The summed E-state index contributed by atoms with van der Waals surface area (Å²) in [6, 6.07) is 3.61. The van der Waals surface area contributed by atoms with Crippen LogP contribution < -0.4 is 5.32 Å². The van der Waals surface area contributed by atoms with Crippen LogP contribution in [0.25, 0.3) is 0 Å². The van der Waals surface area contributed by atoms with Crippen LogP contribution in [0, 0.1) is 10.7 Å². The number of nitrogens with one attached hydrogen (secondary N) is 1. The van der Waals surface area contributed by atoms with Gasteiger partial charge in [-0.1, -0.05) is 0 Å². The first kappa shape index (κ1) is 11.1. The summed E-state index contributed by atoms with van der Waals surface area (Å²) in [5, 5.41) is 2.42. The highest BCUT2D eigenvalue weighted by Gasteiger charge is 2.21. The molecular formula is C9H10FN2O3+. The molecule has 0 fully saturated rings. The monoisotopic (exact) mass is 213 g/mol. The van der Waals surface area contributed by atoms with E-state index in [0.29, 0.717) is 5.69 Å². The average molecular weight is 213 g/mol. The molecule has 0 heterocycles. The van der Waals surface area contributed by atoms with Crippen LogP contribution in [0.3, 0.4) is 0 Å². The zero-order valence-corrected chi connectivity index (χ0v) is 8.28. The van der Waals surface area contributed by atoms with Crippen LogP contribution in [0.5, 0.6) is 0 Å². The molecule has 1 amide bonds. The first-order chi connectivity index (χ1) is 7.04. The molecule has 0 aliphatic heterocycles. The van der Waals surface area contributed by atoms with E-state index in [4.69, 9.17) is 0 Å². The molecule has 0 saturated heterocycles. The van der Waals surface area contributed by atoms with Crippen LogP contribution >= 0.6 is 0 Å². The normalized spacial score (nSPS) is 9.53. The maximum Gasteiger partial charge on any atom is 0.354 e. The number of hydrogen-bond acceptors (Lipinski definition) is 3. The minimum Gasteiger partial charge on any atom is -0.326 e. The minimum atomic E-state index is -0.721. The van der Waals surface area contributed by atoms with Gasteiger partial charge in [-0.3, -0.25) is 4.79 Å². The van der Waals surface area contributed by atoms with Gasteiger partial charge < -0.3 is 5.32 Å². The summed E-state index contributed by atoms with van der Waals surface area (Å²) in [6.07, 6.45) is 0. The summed E-state index contributed by atoms with van der Waals surface area (Å²) in [6.45, 7) is 1.31. The van der Waals surface area contributed by atoms with Gasteiger partial charge in [0.2, 0.25) is 11.7 Å². The fraction of sp³-hybridized carbons (Fsp3) is 0.222. The fourth-order valence-corrected chi connectivity index (χ4v) is 1.03. The summed E-state index contributed by atoms with van der Waals surface area (Å²) in [5.74, 6) is -1.02. The minimum absolute atomic E-state index is 0.0284. The van der Waals surface area contributed by atoms with Crippen LogP contribution in [0.4, 0.5) is 15.8 Å². The van der Waals surface area contributed by atoms with Gasteiger partial charge in [-0.2, -0.15) is 4.39 Å².